The first-order valence-corrected chi connectivity index (χ1v) is 9.33. The second-order valence-corrected chi connectivity index (χ2v) is 8.27. The van der Waals surface area contributed by atoms with Crippen LogP contribution in [0, 0.1) is 0 Å². The van der Waals surface area contributed by atoms with E-state index in [1.807, 2.05) is 0 Å². The fourth-order valence-corrected chi connectivity index (χ4v) is 5.36. The monoisotopic (exact) mass is 318 g/mol. The van der Waals surface area contributed by atoms with E-state index in [0.717, 1.165) is 39.9 Å². The second-order valence-electron chi connectivity index (χ2n) is 7.19. The summed E-state index contributed by atoms with van der Waals surface area (Å²) in [7, 11) is 2.29. The minimum atomic E-state index is 0.0861. The Morgan fingerprint density at radius 1 is 1.14 bits per heavy atom. The lowest BCUT2D eigenvalue weighted by atomic mass is 9.97. The topological polar surface area (TPSA) is 45.8 Å². The van der Waals surface area contributed by atoms with Crippen LogP contribution in [0.25, 0.3) is 10.2 Å². The van der Waals surface area contributed by atoms with Gasteiger partial charge in [0.15, 0.2) is 5.82 Å². The van der Waals surface area contributed by atoms with Gasteiger partial charge in [0.2, 0.25) is 0 Å². The van der Waals surface area contributed by atoms with Gasteiger partial charge in [0.05, 0.1) is 25.5 Å². The van der Waals surface area contributed by atoms with Crippen LogP contribution in [-0.2, 0) is 19.4 Å². The Bertz CT molecular complexity index is 755. The Morgan fingerprint density at radius 2 is 1.91 bits per heavy atom. The molecule has 0 bridgehead atoms. The lowest BCUT2D eigenvalue weighted by molar-refractivity contribution is -0.927. The molecule has 5 heteroatoms. The van der Waals surface area contributed by atoms with E-state index in [1.165, 1.54) is 55.6 Å². The number of quaternary nitrogens is 1. The number of nitrogens with zero attached hydrogens (tertiary/aromatic N) is 2. The van der Waals surface area contributed by atoms with E-state index < -0.39 is 0 Å². The summed E-state index contributed by atoms with van der Waals surface area (Å²) in [4.78, 5) is 22.9. The maximum absolute atomic E-state index is 12.6. The van der Waals surface area contributed by atoms with E-state index in [1.54, 1.807) is 11.3 Å². The molecule has 4 nitrogen and oxygen atoms in total. The van der Waals surface area contributed by atoms with Crippen molar-refractivity contribution in [2.24, 2.45) is 0 Å². The predicted molar refractivity (Wildman–Crippen MR) is 90.4 cm³/mol. The maximum Gasteiger partial charge on any atom is 0.260 e. The summed E-state index contributed by atoms with van der Waals surface area (Å²) in [5.74, 6) is 0.875. The van der Waals surface area contributed by atoms with Gasteiger partial charge in [-0.15, -0.1) is 11.3 Å². The Balaban J connectivity index is 1.72. The van der Waals surface area contributed by atoms with Crippen molar-refractivity contribution >= 4 is 21.6 Å². The predicted octanol–water partition coefficient (Wildman–Crippen LogP) is 2.99. The lowest BCUT2D eigenvalue weighted by Crippen LogP contribution is -2.47. The molecule has 2 aliphatic rings. The summed E-state index contributed by atoms with van der Waals surface area (Å²) in [6, 6.07) is 0. The van der Waals surface area contributed by atoms with Crippen molar-refractivity contribution < 1.29 is 4.48 Å². The molecule has 1 fully saturated rings. The second kappa shape index (κ2) is 5.46. The number of fused-ring (bicyclic) bond motifs is 3. The molecule has 0 aromatic carbocycles. The van der Waals surface area contributed by atoms with Gasteiger partial charge in [-0.1, -0.05) is 0 Å². The van der Waals surface area contributed by atoms with Crippen LogP contribution in [-0.4, -0.2) is 34.6 Å². The third-order valence-corrected chi connectivity index (χ3v) is 6.49. The maximum atomic E-state index is 12.6. The first-order valence-electron chi connectivity index (χ1n) is 8.52. The molecule has 22 heavy (non-hydrogen) atoms. The minimum absolute atomic E-state index is 0.0861. The van der Waals surface area contributed by atoms with E-state index in [9.17, 15) is 4.79 Å². The number of aromatic nitrogens is 2. The molecule has 1 saturated heterocycles. The molecule has 1 N–H and O–H groups in total. The van der Waals surface area contributed by atoms with Crippen molar-refractivity contribution in [3.8, 4) is 0 Å². The summed E-state index contributed by atoms with van der Waals surface area (Å²) in [5, 5.41) is 0.879. The number of H-pyrrole nitrogens is 1. The molecule has 2 aromatic rings. The van der Waals surface area contributed by atoms with E-state index in [2.05, 4.69) is 12.0 Å². The van der Waals surface area contributed by atoms with E-state index in [0.29, 0.717) is 0 Å². The molecule has 3 heterocycles. The van der Waals surface area contributed by atoms with Crippen LogP contribution in [0.5, 0.6) is 0 Å². The number of piperidine rings is 1. The average Bonchev–Trinajstić information content (AvgIpc) is 2.86. The number of thiophene rings is 1. The van der Waals surface area contributed by atoms with Crippen LogP contribution >= 0.6 is 11.3 Å². The fraction of sp³-hybridized carbons (Fsp3) is 0.647. The number of aromatic amines is 1. The van der Waals surface area contributed by atoms with E-state index in [4.69, 9.17) is 4.98 Å². The van der Waals surface area contributed by atoms with Crippen molar-refractivity contribution in [3.05, 3.63) is 26.6 Å². The summed E-state index contributed by atoms with van der Waals surface area (Å²) in [6.45, 7) is 3.25. The molecule has 118 valence electrons. The largest absolute Gasteiger partial charge is 0.320 e. The number of likely N-dealkylation sites (tertiary alicyclic amines) is 1. The van der Waals surface area contributed by atoms with Gasteiger partial charge in [0.1, 0.15) is 11.4 Å². The van der Waals surface area contributed by atoms with E-state index >= 15 is 0 Å². The molecule has 1 aliphatic heterocycles. The molecule has 0 radical (unpaired) electrons. The van der Waals surface area contributed by atoms with Crippen LogP contribution in [0.2, 0.25) is 0 Å². The van der Waals surface area contributed by atoms with Crippen molar-refractivity contribution in [2.45, 2.75) is 51.5 Å². The summed E-state index contributed by atoms with van der Waals surface area (Å²) in [5.41, 5.74) is 1.37. The van der Waals surface area contributed by atoms with Gasteiger partial charge >= 0.3 is 0 Å². The average molecular weight is 318 g/mol. The van der Waals surface area contributed by atoms with Crippen molar-refractivity contribution in [2.75, 3.05) is 20.1 Å². The molecule has 1 aliphatic carbocycles. The Morgan fingerprint density at radius 3 is 2.73 bits per heavy atom. The summed E-state index contributed by atoms with van der Waals surface area (Å²) >= 11 is 1.75. The number of hydrogen-bond donors (Lipinski definition) is 1. The summed E-state index contributed by atoms with van der Waals surface area (Å²) in [6.07, 6.45) is 8.54. The van der Waals surface area contributed by atoms with Gasteiger partial charge in [-0.25, -0.2) is 4.98 Å². The number of nitrogens with one attached hydrogen (secondary N) is 1. The molecular weight excluding hydrogens is 294 g/mol. The molecule has 0 spiro atoms. The van der Waals surface area contributed by atoms with Gasteiger partial charge < -0.3 is 9.47 Å². The zero-order valence-corrected chi connectivity index (χ0v) is 14.1. The quantitative estimate of drug-likeness (QED) is 0.865. The Hall–Kier alpha value is -1.20. The SMILES string of the molecule is C[N+]1(Cc2nc3sc4c(c3c(=O)[nH]2)CCCC4)CCCCC1. The summed E-state index contributed by atoms with van der Waals surface area (Å²) < 4.78 is 1.01. The molecule has 0 amide bonds. The highest BCUT2D eigenvalue weighted by Crippen LogP contribution is 2.33. The third-order valence-electron chi connectivity index (χ3n) is 5.30. The fourth-order valence-electron chi connectivity index (χ4n) is 4.08. The molecule has 0 atom stereocenters. The van der Waals surface area contributed by atoms with Crippen molar-refractivity contribution in [1.82, 2.24) is 9.97 Å². The first kappa shape index (κ1) is 14.4. The lowest BCUT2D eigenvalue weighted by Gasteiger charge is -2.37. The molecular formula is C17H24N3OS+. The third kappa shape index (κ3) is 2.50. The highest BCUT2D eigenvalue weighted by molar-refractivity contribution is 7.18. The first-order chi connectivity index (χ1) is 10.6. The van der Waals surface area contributed by atoms with Crippen LogP contribution in [0.3, 0.4) is 0 Å². The zero-order chi connectivity index (χ0) is 15.2. The molecule has 2 aromatic heterocycles. The van der Waals surface area contributed by atoms with Gasteiger partial charge in [-0.2, -0.15) is 0 Å². The zero-order valence-electron chi connectivity index (χ0n) is 13.3. The van der Waals surface area contributed by atoms with Crippen molar-refractivity contribution in [1.29, 1.82) is 0 Å². The van der Waals surface area contributed by atoms with Crippen LogP contribution < -0.4 is 5.56 Å². The smallest absolute Gasteiger partial charge is 0.260 e. The minimum Gasteiger partial charge on any atom is -0.320 e. The molecule has 4 rings (SSSR count). The van der Waals surface area contributed by atoms with Gasteiger partial charge in [-0.05, 0) is 50.5 Å². The van der Waals surface area contributed by atoms with Gasteiger partial charge in [-0.3, -0.25) is 4.79 Å². The van der Waals surface area contributed by atoms with E-state index in [-0.39, 0.29) is 5.56 Å². The van der Waals surface area contributed by atoms with Crippen molar-refractivity contribution in [3.63, 3.8) is 0 Å². The van der Waals surface area contributed by atoms with Crippen LogP contribution in [0.1, 0.15) is 48.4 Å². The molecule has 0 saturated carbocycles. The Labute approximate surface area is 134 Å². The highest BCUT2D eigenvalue weighted by Gasteiger charge is 2.27. The van der Waals surface area contributed by atoms with Gasteiger partial charge in [0, 0.05) is 4.88 Å². The highest BCUT2D eigenvalue weighted by atomic mass is 32.1. The number of aryl methyl sites for hydroxylation is 2. The Kier molecular flexibility index (Phi) is 3.57. The van der Waals surface area contributed by atoms with Crippen LogP contribution in [0.15, 0.2) is 4.79 Å². The van der Waals surface area contributed by atoms with Crippen LogP contribution in [0.4, 0.5) is 0 Å². The number of hydrogen-bond acceptors (Lipinski definition) is 3. The molecule has 0 unspecified atom stereocenters. The number of rotatable bonds is 2. The standard InChI is InChI=1S/C17H23N3OS/c1-20(9-5-2-6-10-20)11-14-18-16(21)15-12-7-3-4-8-13(12)22-17(15)19-14/h2-11H2,1H3/p+1. The van der Waals surface area contributed by atoms with Gasteiger partial charge in [0.25, 0.3) is 5.56 Å². The normalized spacial score (nSPS) is 21.0.